The van der Waals surface area contributed by atoms with E-state index in [0.29, 0.717) is 6.54 Å². The first-order valence-corrected chi connectivity index (χ1v) is 8.19. The van der Waals surface area contributed by atoms with Gasteiger partial charge in [-0.3, -0.25) is 4.79 Å². The lowest BCUT2D eigenvalue weighted by atomic mass is 10.0. The van der Waals surface area contributed by atoms with E-state index in [4.69, 9.17) is 5.73 Å². The third kappa shape index (κ3) is 4.41. The Balaban J connectivity index is 2.12. The maximum absolute atomic E-state index is 12.4. The first kappa shape index (κ1) is 15.7. The Morgan fingerprint density at radius 1 is 1.24 bits per heavy atom. The van der Waals surface area contributed by atoms with Crippen LogP contribution in [0, 0.1) is 5.92 Å². The molecule has 112 valence electrons. The number of hydrogen-bond acceptors (Lipinski definition) is 3. The quantitative estimate of drug-likeness (QED) is 0.824. The lowest BCUT2D eigenvalue weighted by Gasteiger charge is -2.20. The van der Waals surface area contributed by atoms with E-state index in [-0.39, 0.29) is 17.9 Å². The van der Waals surface area contributed by atoms with Gasteiger partial charge in [-0.05, 0) is 36.4 Å². The Labute approximate surface area is 130 Å². The number of nitrogens with two attached hydrogens (primary N) is 1. The summed E-state index contributed by atoms with van der Waals surface area (Å²) in [5, 5.41) is 5.21. The van der Waals surface area contributed by atoms with Crippen molar-refractivity contribution < 1.29 is 4.79 Å². The summed E-state index contributed by atoms with van der Waals surface area (Å²) in [6, 6.07) is 14.1. The highest BCUT2D eigenvalue weighted by Crippen LogP contribution is 2.26. The van der Waals surface area contributed by atoms with Crippen LogP contribution in [0.1, 0.15) is 36.2 Å². The molecule has 0 bridgehead atoms. The molecule has 0 fully saturated rings. The Morgan fingerprint density at radius 3 is 2.62 bits per heavy atom. The van der Waals surface area contributed by atoms with E-state index >= 15 is 0 Å². The largest absolute Gasteiger partial charge is 0.344 e. The number of amides is 1. The van der Waals surface area contributed by atoms with Crippen LogP contribution >= 0.6 is 11.3 Å². The molecule has 2 atom stereocenters. The molecule has 1 aromatic heterocycles. The topological polar surface area (TPSA) is 55.1 Å². The number of hydrogen-bond donors (Lipinski definition) is 2. The second-order valence-electron chi connectivity index (χ2n) is 5.20. The summed E-state index contributed by atoms with van der Waals surface area (Å²) in [7, 11) is 0. The van der Waals surface area contributed by atoms with Gasteiger partial charge >= 0.3 is 0 Å². The Morgan fingerprint density at radius 2 is 2.00 bits per heavy atom. The van der Waals surface area contributed by atoms with Gasteiger partial charge in [0.05, 0.1) is 6.04 Å². The fourth-order valence-electron chi connectivity index (χ4n) is 2.26. The van der Waals surface area contributed by atoms with Gasteiger partial charge in [-0.1, -0.05) is 43.3 Å². The molecule has 0 aliphatic carbocycles. The van der Waals surface area contributed by atoms with Crippen molar-refractivity contribution in [2.75, 3.05) is 6.54 Å². The summed E-state index contributed by atoms with van der Waals surface area (Å²) in [6.45, 7) is 2.59. The second-order valence-corrected chi connectivity index (χ2v) is 6.18. The van der Waals surface area contributed by atoms with E-state index in [1.54, 1.807) is 11.3 Å². The molecule has 21 heavy (non-hydrogen) atoms. The standard InChI is InChI=1S/C17H22N2OS/c1-13(7-5-11-18)17(20)19-16(15-10-6-12-21-15)14-8-3-2-4-9-14/h2-4,6,8-10,12-13,16H,5,7,11,18H2,1H3,(H,19,20). The molecule has 4 heteroatoms. The summed E-state index contributed by atoms with van der Waals surface area (Å²) in [6.07, 6.45) is 1.71. The van der Waals surface area contributed by atoms with E-state index < -0.39 is 0 Å². The van der Waals surface area contributed by atoms with Crippen LogP contribution in [0.15, 0.2) is 47.8 Å². The van der Waals surface area contributed by atoms with Gasteiger partial charge in [0.2, 0.25) is 5.91 Å². The average molecular weight is 302 g/mol. The molecular formula is C17H22N2OS. The minimum Gasteiger partial charge on any atom is -0.344 e. The molecule has 0 radical (unpaired) electrons. The number of nitrogens with one attached hydrogen (secondary N) is 1. The molecule has 1 heterocycles. The lowest BCUT2D eigenvalue weighted by Crippen LogP contribution is -2.33. The average Bonchev–Trinajstić information content (AvgIpc) is 3.04. The van der Waals surface area contributed by atoms with E-state index in [0.717, 1.165) is 23.3 Å². The van der Waals surface area contributed by atoms with Crippen LogP contribution in [-0.4, -0.2) is 12.5 Å². The zero-order valence-electron chi connectivity index (χ0n) is 12.3. The number of rotatable bonds is 7. The van der Waals surface area contributed by atoms with Gasteiger partial charge in [0, 0.05) is 10.8 Å². The number of thiophene rings is 1. The highest BCUT2D eigenvalue weighted by Gasteiger charge is 2.20. The minimum absolute atomic E-state index is 0.0141. The van der Waals surface area contributed by atoms with Crippen LogP contribution in [0.25, 0.3) is 0 Å². The Hall–Kier alpha value is -1.65. The fraction of sp³-hybridized carbons (Fsp3) is 0.353. The molecule has 0 saturated carbocycles. The van der Waals surface area contributed by atoms with Gasteiger partial charge in [0.25, 0.3) is 0 Å². The normalized spacial score (nSPS) is 13.6. The van der Waals surface area contributed by atoms with Gasteiger partial charge in [-0.15, -0.1) is 11.3 Å². The molecule has 1 aromatic carbocycles. The molecule has 3 N–H and O–H groups in total. The monoisotopic (exact) mass is 302 g/mol. The highest BCUT2D eigenvalue weighted by atomic mass is 32.1. The van der Waals surface area contributed by atoms with Crippen LogP contribution in [0.4, 0.5) is 0 Å². The van der Waals surface area contributed by atoms with Crippen LogP contribution in [0.2, 0.25) is 0 Å². The third-order valence-corrected chi connectivity index (χ3v) is 4.47. The number of carbonyl (C=O) groups is 1. The van der Waals surface area contributed by atoms with Crippen LogP contribution < -0.4 is 11.1 Å². The Kier molecular flexibility index (Phi) is 5.96. The van der Waals surface area contributed by atoms with Crippen molar-refractivity contribution in [3.63, 3.8) is 0 Å². The van der Waals surface area contributed by atoms with Crippen LogP contribution in [-0.2, 0) is 4.79 Å². The molecule has 1 amide bonds. The predicted octanol–water partition coefficient (Wildman–Crippen LogP) is 3.33. The molecule has 0 saturated heterocycles. The van der Waals surface area contributed by atoms with Gasteiger partial charge < -0.3 is 11.1 Å². The van der Waals surface area contributed by atoms with E-state index in [1.807, 2.05) is 36.6 Å². The fourth-order valence-corrected chi connectivity index (χ4v) is 3.06. The maximum atomic E-state index is 12.4. The van der Waals surface area contributed by atoms with Crippen LogP contribution in [0.3, 0.4) is 0 Å². The molecule has 0 spiro atoms. The molecule has 0 aliphatic rings. The van der Waals surface area contributed by atoms with Gasteiger partial charge in [-0.2, -0.15) is 0 Å². The predicted molar refractivity (Wildman–Crippen MR) is 88.2 cm³/mol. The van der Waals surface area contributed by atoms with E-state index in [9.17, 15) is 4.79 Å². The van der Waals surface area contributed by atoms with Crippen molar-refractivity contribution in [1.82, 2.24) is 5.32 Å². The zero-order chi connectivity index (χ0) is 15.1. The van der Waals surface area contributed by atoms with Gasteiger partial charge in [-0.25, -0.2) is 0 Å². The van der Waals surface area contributed by atoms with Crippen molar-refractivity contribution in [1.29, 1.82) is 0 Å². The number of benzene rings is 1. The first-order chi connectivity index (χ1) is 10.2. The SMILES string of the molecule is CC(CCCN)C(=O)NC(c1ccccc1)c1cccs1. The summed E-state index contributed by atoms with van der Waals surface area (Å²) in [5.74, 6) is 0.0745. The van der Waals surface area contributed by atoms with Gasteiger partial charge in [0.1, 0.15) is 0 Å². The van der Waals surface area contributed by atoms with Crippen LogP contribution in [0.5, 0.6) is 0 Å². The Bertz CT molecular complexity index is 539. The van der Waals surface area contributed by atoms with Crippen molar-refractivity contribution in [3.8, 4) is 0 Å². The highest BCUT2D eigenvalue weighted by molar-refractivity contribution is 7.10. The van der Waals surface area contributed by atoms with E-state index in [1.165, 1.54) is 0 Å². The molecule has 2 aromatic rings. The summed E-state index contributed by atoms with van der Waals surface area (Å²) >= 11 is 1.66. The van der Waals surface area contributed by atoms with Crippen molar-refractivity contribution in [2.45, 2.75) is 25.8 Å². The number of carbonyl (C=O) groups excluding carboxylic acids is 1. The third-order valence-electron chi connectivity index (χ3n) is 3.54. The molecule has 2 rings (SSSR count). The smallest absolute Gasteiger partial charge is 0.223 e. The second kappa shape index (κ2) is 7.96. The van der Waals surface area contributed by atoms with E-state index in [2.05, 4.69) is 23.5 Å². The summed E-state index contributed by atoms with van der Waals surface area (Å²) < 4.78 is 0. The van der Waals surface area contributed by atoms with Crippen molar-refractivity contribution in [3.05, 3.63) is 58.3 Å². The molecular weight excluding hydrogens is 280 g/mol. The van der Waals surface area contributed by atoms with Crippen molar-refractivity contribution in [2.24, 2.45) is 11.7 Å². The summed E-state index contributed by atoms with van der Waals surface area (Å²) in [4.78, 5) is 13.5. The van der Waals surface area contributed by atoms with Crippen molar-refractivity contribution >= 4 is 17.2 Å². The molecule has 3 nitrogen and oxygen atoms in total. The maximum Gasteiger partial charge on any atom is 0.223 e. The molecule has 2 unspecified atom stereocenters. The first-order valence-electron chi connectivity index (χ1n) is 7.31. The summed E-state index contributed by atoms with van der Waals surface area (Å²) in [5.41, 5.74) is 6.63. The van der Waals surface area contributed by atoms with Gasteiger partial charge in [0.15, 0.2) is 0 Å². The minimum atomic E-state index is -0.0703. The zero-order valence-corrected chi connectivity index (χ0v) is 13.1. The molecule has 0 aliphatic heterocycles. The lowest BCUT2D eigenvalue weighted by molar-refractivity contribution is -0.125.